The fourth-order valence-corrected chi connectivity index (χ4v) is 1.57. The minimum Gasteiger partial charge on any atom is -0.397 e. The molecule has 0 saturated carbocycles. The van der Waals surface area contributed by atoms with Crippen molar-refractivity contribution in [2.75, 3.05) is 5.73 Å². The quantitative estimate of drug-likeness (QED) is 0.807. The normalized spacial score (nSPS) is 20.3. The van der Waals surface area contributed by atoms with Crippen molar-refractivity contribution < 1.29 is 12.0 Å². The van der Waals surface area contributed by atoms with Gasteiger partial charge in [-0.3, -0.25) is 0 Å². The maximum Gasteiger partial charge on any atom is 0.103 e. The molecule has 4 heteroatoms. The van der Waals surface area contributed by atoms with Crippen molar-refractivity contribution in [1.82, 2.24) is 4.98 Å². The van der Waals surface area contributed by atoms with E-state index >= 15 is 0 Å². The summed E-state index contributed by atoms with van der Waals surface area (Å²) in [6.45, 7) is -1.69. The van der Waals surface area contributed by atoms with E-state index in [2.05, 4.69) is 4.98 Å². The molecule has 0 radical (unpaired) electrons. The molecule has 3 nitrogen and oxygen atoms in total. The predicted octanol–water partition coefficient (Wildman–Crippen LogP) is 2.70. The molecule has 0 aliphatic heterocycles. The summed E-state index contributed by atoms with van der Waals surface area (Å²) < 4.78 is 37.8. The molecule has 2 rings (SSSR count). The fraction of sp³-hybridized carbons (Fsp3) is 0.250. The first kappa shape index (κ1) is 6.42. The molecule has 3 N–H and O–H groups in total. The van der Waals surface area contributed by atoms with Crippen LogP contribution in [0.15, 0.2) is 24.2 Å². The Balaban J connectivity index is 2.84. The molecule has 1 heterocycles. The molecule has 0 bridgehead atoms. The summed E-state index contributed by atoms with van der Waals surface area (Å²) in [7, 11) is 0. The molecule has 84 valence electrons. The van der Waals surface area contributed by atoms with Gasteiger partial charge in [-0.1, -0.05) is 11.6 Å². The minimum absolute atomic E-state index is 0.0136. The Bertz CT molecular complexity index is 730. The molecule has 0 saturated heterocycles. The Morgan fingerprint density at radius 2 is 2.44 bits per heavy atom. The van der Waals surface area contributed by atoms with Gasteiger partial charge in [0.05, 0.1) is 19.6 Å². The number of benzene rings is 1. The highest BCUT2D eigenvalue weighted by atomic mass is 35.5. The lowest BCUT2D eigenvalue weighted by atomic mass is 10.0. The molecule has 0 amide bonds. The average Bonchev–Trinajstić information content (AvgIpc) is 2.35. The lowest BCUT2D eigenvalue weighted by molar-refractivity contribution is 0.0751. The molecule has 0 aliphatic rings. The van der Waals surface area contributed by atoms with Gasteiger partial charge in [0.1, 0.15) is 5.60 Å². The highest BCUT2D eigenvalue weighted by molar-refractivity contribution is 6.31. The van der Waals surface area contributed by atoms with Gasteiger partial charge in [0.15, 0.2) is 0 Å². The molecule has 1 unspecified atom stereocenters. The molecule has 0 aliphatic carbocycles. The van der Waals surface area contributed by atoms with Crippen molar-refractivity contribution in [3.8, 4) is 0 Å². The van der Waals surface area contributed by atoms with E-state index in [0.29, 0.717) is 5.39 Å². The third-order valence-corrected chi connectivity index (χ3v) is 2.33. The van der Waals surface area contributed by atoms with Crippen LogP contribution in [0.5, 0.6) is 0 Å². The molecular weight excluding hydrogens is 224 g/mol. The number of halogens is 1. The zero-order chi connectivity index (χ0) is 16.2. The third kappa shape index (κ3) is 1.96. The summed E-state index contributed by atoms with van der Waals surface area (Å²) in [4.78, 5) is 4.04. The molecule has 1 aromatic carbocycles. The summed E-state index contributed by atoms with van der Waals surface area (Å²) in [6, 6.07) is 2.48. The summed E-state index contributed by atoms with van der Waals surface area (Å²) in [5, 5.41) is 10.7. The molecule has 16 heavy (non-hydrogen) atoms. The van der Waals surface area contributed by atoms with Crippen LogP contribution in [0.3, 0.4) is 0 Å². The second kappa shape index (κ2) is 3.61. The smallest absolute Gasteiger partial charge is 0.103 e. The van der Waals surface area contributed by atoms with E-state index in [9.17, 15) is 5.11 Å². The highest BCUT2D eigenvalue weighted by Gasteiger charge is 2.21. The van der Waals surface area contributed by atoms with Gasteiger partial charge in [-0.2, -0.15) is 0 Å². The number of nitrogen functional groups attached to an aromatic ring is 1. The molecule has 0 fully saturated rings. The van der Waals surface area contributed by atoms with Crippen molar-refractivity contribution in [3.05, 3.63) is 34.9 Å². The number of nitrogens with zero attached hydrogens (tertiary/aromatic N) is 1. The van der Waals surface area contributed by atoms with Gasteiger partial charge in [-0.25, -0.2) is 4.98 Å². The van der Waals surface area contributed by atoms with Gasteiger partial charge in [0.25, 0.3) is 0 Å². The Morgan fingerprint density at radius 3 is 3.12 bits per heavy atom. The number of aliphatic hydroxyl groups is 1. The predicted molar refractivity (Wildman–Crippen MR) is 66.4 cm³/mol. The first-order chi connectivity index (χ1) is 9.46. The van der Waals surface area contributed by atoms with Gasteiger partial charge in [-0.05, 0) is 38.0 Å². The number of anilines is 1. The van der Waals surface area contributed by atoms with Crippen LogP contribution in [0.2, 0.25) is 5.02 Å². The van der Waals surface area contributed by atoms with Crippen molar-refractivity contribution in [3.63, 3.8) is 0 Å². The van der Waals surface area contributed by atoms with Gasteiger partial charge < -0.3 is 10.8 Å². The van der Waals surface area contributed by atoms with Gasteiger partial charge in [0.2, 0.25) is 0 Å². The number of nitrogens with two attached hydrogens (primary N) is 1. The second-order valence-corrected chi connectivity index (χ2v) is 4.06. The third-order valence-electron chi connectivity index (χ3n) is 2.11. The number of hydrogen-bond donors (Lipinski definition) is 2. The van der Waals surface area contributed by atoms with Crippen LogP contribution in [-0.4, -0.2) is 10.1 Å². The van der Waals surface area contributed by atoms with E-state index in [1.54, 1.807) is 0 Å². The first-order valence-electron chi connectivity index (χ1n) is 7.05. The van der Waals surface area contributed by atoms with E-state index in [0.717, 1.165) is 6.92 Å². The van der Waals surface area contributed by atoms with Crippen LogP contribution in [0.25, 0.3) is 10.9 Å². The van der Waals surface area contributed by atoms with Gasteiger partial charge in [0, 0.05) is 14.5 Å². The minimum atomic E-state index is -2.76. The number of pyridine rings is 1. The zero-order valence-electron chi connectivity index (χ0n) is 13.5. The Morgan fingerprint density at radius 1 is 1.69 bits per heavy atom. The summed E-state index contributed by atoms with van der Waals surface area (Å²) in [6.07, 6.45) is 0. The average molecular weight is 242 g/mol. The van der Waals surface area contributed by atoms with Crippen molar-refractivity contribution in [1.29, 1.82) is 0 Å². The van der Waals surface area contributed by atoms with Crippen LogP contribution < -0.4 is 5.73 Å². The van der Waals surface area contributed by atoms with Crippen molar-refractivity contribution in [2.24, 2.45) is 0 Å². The highest BCUT2D eigenvalue weighted by Crippen LogP contribution is 2.28. The topological polar surface area (TPSA) is 59.1 Å². The molecule has 2 aromatic rings. The van der Waals surface area contributed by atoms with Crippen molar-refractivity contribution >= 4 is 28.2 Å². The lowest BCUT2D eigenvalue weighted by Gasteiger charge is -2.19. The standard InChI is InChI=1S/C12H13ClN2O/c1-12(2,16)11-9(14)6-7-5-8(13)3-4-10(7)15-11/h3-6,16H,14H2,1-2H3/i1D3,3D,6D. The lowest BCUT2D eigenvalue weighted by Crippen LogP contribution is -2.19. The van der Waals surface area contributed by atoms with Crippen molar-refractivity contribution in [2.45, 2.75) is 19.4 Å². The number of fused-ring (bicyclic) bond motifs is 1. The summed E-state index contributed by atoms with van der Waals surface area (Å²) in [5.41, 5.74) is 3.12. The Labute approximate surface area is 106 Å². The SMILES string of the molecule is [2H]c1cc2nc(C(C)(O)C([2H])([2H])[2H])c(N)c([2H])c2cc1Cl. The summed E-state index contributed by atoms with van der Waals surface area (Å²) >= 11 is 5.84. The second-order valence-electron chi connectivity index (χ2n) is 3.65. The largest absolute Gasteiger partial charge is 0.397 e. The molecule has 1 atom stereocenters. The molecule has 1 aromatic heterocycles. The molecule has 0 spiro atoms. The van der Waals surface area contributed by atoms with E-state index in [1.807, 2.05) is 0 Å². The number of rotatable bonds is 1. The van der Waals surface area contributed by atoms with E-state index < -0.39 is 12.5 Å². The van der Waals surface area contributed by atoms with Crippen LogP contribution in [0.1, 0.15) is 26.3 Å². The molecular formula is C12H13ClN2O. The summed E-state index contributed by atoms with van der Waals surface area (Å²) in [5.74, 6) is 0. The van der Waals surface area contributed by atoms with Crippen LogP contribution in [0, 0.1) is 0 Å². The van der Waals surface area contributed by atoms with Gasteiger partial charge >= 0.3 is 0 Å². The monoisotopic (exact) mass is 241 g/mol. The fourth-order valence-electron chi connectivity index (χ4n) is 1.41. The number of hydrogen-bond acceptors (Lipinski definition) is 3. The van der Waals surface area contributed by atoms with E-state index in [4.69, 9.17) is 24.2 Å². The van der Waals surface area contributed by atoms with Crippen LogP contribution in [0.4, 0.5) is 5.69 Å². The van der Waals surface area contributed by atoms with E-state index in [1.165, 1.54) is 12.1 Å². The van der Waals surface area contributed by atoms with Crippen LogP contribution >= 0.6 is 11.6 Å². The van der Waals surface area contributed by atoms with Crippen LogP contribution in [-0.2, 0) is 5.60 Å². The first-order valence-corrected chi connectivity index (χ1v) is 4.93. The Hall–Kier alpha value is -1.32. The maximum absolute atomic E-state index is 10.2. The maximum atomic E-state index is 10.2. The zero-order valence-corrected chi connectivity index (χ0v) is 9.26. The van der Waals surface area contributed by atoms with E-state index in [-0.39, 0.29) is 34.0 Å². The number of aromatic nitrogens is 1. The Kier molecular flexibility index (Phi) is 1.45. The van der Waals surface area contributed by atoms with Gasteiger partial charge in [-0.15, -0.1) is 0 Å².